The summed E-state index contributed by atoms with van der Waals surface area (Å²) in [5, 5.41) is 9.39. The predicted molar refractivity (Wildman–Crippen MR) is 113 cm³/mol. The van der Waals surface area contributed by atoms with Crippen LogP contribution in [0.25, 0.3) is 0 Å². The summed E-state index contributed by atoms with van der Waals surface area (Å²) in [4.78, 5) is 30.5. The Labute approximate surface area is 174 Å². The van der Waals surface area contributed by atoms with E-state index < -0.39 is 6.04 Å². The summed E-state index contributed by atoms with van der Waals surface area (Å²) in [6, 6.07) is 5.02. The Kier molecular flexibility index (Phi) is 7.28. The quantitative estimate of drug-likeness (QED) is 0.606. The van der Waals surface area contributed by atoms with E-state index in [2.05, 4.69) is 20.9 Å². The number of hydrogen-bond acceptors (Lipinski definition) is 5. The molecule has 1 aliphatic carbocycles. The number of likely N-dealkylation sites (N-methyl/N-ethyl adjacent to an activating group) is 1. The van der Waals surface area contributed by atoms with Crippen molar-refractivity contribution in [2.45, 2.75) is 44.7 Å². The van der Waals surface area contributed by atoms with Crippen LogP contribution in [-0.2, 0) is 11.3 Å². The summed E-state index contributed by atoms with van der Waals surface area (Å²) in [6.45, 7) is 0.570. The Hall–Kier alpha value is -2.12. The number of aromatic nitrogens is 1. The number of rotatable bonds is 8. The van der Waals surface area contributed by atoms with Gasteiger partial charge in [-0.05, 0) is 30.5 Å². The molecule has 1 atom stereocenters. The van der Waals surface area contributed by atoms with Crippen LogP contribution >= 0.6 is 22.9 Å². The molecule has 6 nitrogen and oxygen atoms in total. The van der Waals surface area contributed by atoms with E-state index in [4.69, 9.17) is 11.6 Å². The average Bonchev–Trinajstić information content (AvgIpc) is 3.37. The zero-order chi connectivity index (χ0) is 19.9. The largest absolute Gasteiger partial charge is 0.379 e. The minimum absolute atomic E-state index is 0.132. The monoisotopic (exact) mass is 420 g/mol. The molecule has 8 heteroatoms. The average molecular weight is 421 g/mol. The molecule has 2 aromatic heterocycles. The summed E-state index contributed by atoms with van der Waals surface area (Å²) < 4.78 is 0. The van der Waals surface area contributed by atoms with E-state index in [1.54, 1.807) is 31.6 Å². The van der Waals surface area contributed by atoms with Gasteiger partial charge in [0.1, 0.15) is 6.04 Å². The molecule has 0 radical (unpaired) electrons. The SMILES string of the molecule is CNC(=O)C(CC1CCCC1)NC(=O)c1ccc(CNc2cncc(Cl)c2)s1. The second kappa shape index (κ2) is 9.89. The van der Waals surface area contributed by atoms with E-state index in [0.29, 0.717) is 28.8 Å². The van der Waals surface area contributed by atoms with Crippen molar-refractivity contribution in [3.63, 3.8) is 0 Å². The highest BCUT2D eigenvalue weighted by atomic mass is 35.5. The molecule has 1 fully saturated rings. The molecule has 28 heavy (non-hydrogen) atoms. The predicted octanol–water partition coefficient (Wildman–Crippen LogP) is 3.83. The second-order valence-corrected chi connectivity index (χ2v) is 8.64. The molecule has 3 rings (SSSR count). The van der Waals surface area contributed by atoms with Gasteiger partial charge in [-0.3, -0.25) is 14.6 Å². The van der Waals surface area contributed by atoms with Gasteiger partial charge in [0, 0.05) is 24.7 Å². The molecule has 3 N–H and O–H groups in total. The molecule has 0 bridgehead atoms. The maximum absolute atomic E-state index is 12.7. The van der Waals surface area contributed by atoms with Gasteiger partial charge >= 0.3 is 0 Å². The van der Waals surface area contributed by atoms with Gasteiger partial charge < -0.3 is 16.0 Å². The van der Waals surface area contributed by atoms with Crippen LogP contribution in [0.4, 0.5) is 5.69 Å². The molecule has 2 amide bonds. The van der Waals surface area contributed by atoms with Gasteiger partial charge in [0.2, 0.25) is 5.91 Å². The van der Waals surface area contributed by atoms with E-state index in [1.807, 2.05) is 6.07 Å². The first kappa shape index (κ1) is 20.6. The fourth-order valence-electron chi connectivity index (χ4n) is 3.51. The number of carbonyl (C=O) groups is 2. The van der Waals surface area contributed by atoms with Gasteiger partial charge in [0.15, 0.2) is 0 Å². The lowest BCUT2D eigenvalue weighted by molar-refractivity contribution is -0.122. The topological polar surface area (TPSA) is 83.1 Å². The molecule has 150 valence electrons. The van der Waals surface area contributed by atoms with Crippen molar-refractivity contribution in [1.82, 2.24) is 15.6 Å². The van der Waals surface area contributed by atoms with Crippen molar-refractivity contribution in [3.8, 4) is 0 Å². The van der Waals surface area contributed by atoms with E-state index in [9.17, 15) is 9.59 Å². The number of pyridine rings is 1. The number of halogens is 1. The fourth-order valence-corrected chi connectivity index (χ4v) is 4.53. The van der Waals surface area contributed by atoms with Crippen molar-refractivity contribution < 1.29 is 9.59 Å². The molecule has 2 aromatic rings. The van der Waals surface area contributed by atoms with Crippen molar-refractivity contribution in [3.05, 3.63) is 45.4 Å². The number of anilines is 1. The zero-order valence-electron chi connectivity index (χ0n) is 15.8. The molecule has 0 aromatic carbocycles. The van der Waals surface area contributed by atoms with Gasteiger partial charge in [0.25, 0.3) is 5.91 Å². The lowest BCUT2D eigenvalue weighted by atomic mass is 9.98. The minimum Gasteiger partial charge on any atom is -0.379 e. The van der Waals surface area contributed by atoms with Crippen LogP contribution < -0.4 is 16.0 Å². The van der Waals surface area contributed by atoms with E-state index in [1.165, 1.54) is 24.2 Å². The van der Waals surface area contributed by atoms with E-state index >= 15 is 0 Å². The molecular weight excluding hydrogens is 396 g/mol. The van der Waals surface area contributed by atoms with Gasteiger partial charge in [-0.1, -0.05) is 37.3 Å². The maximum Gasteiger partial charge on any atom is 0.262 e. The van der Waals surface area contributed by atoms with Crippen LogP contribution in [0.2, 0.25) is 5.02 Å². The first-order valence-electron chi connectivity index (χ1n) is 9.50. The summed E-state index contributed by atoms with van der Waals surface area (Å²) in [6.07, 6.45) is 8.67. The second-order valence-electron chi connectivity index (χ2n) is 7.04. The van der Waals surface area contributed by atoms with E-state index in [-0.39, 0.29) is 11.8 Å². The van der Waals surface area contributed by atoms with E-state index in [0.717, 1.165) is 23.4 Å². The summed E-state index contributed by atoms with van der Waals surface area (Å²) in [5.74, 6) is 0.177. The van der Waals surface area contributed by atoms with Crippen LogP contribution in [0.3, 0.4) is 0 Å². The lowest BCUT2D eigenvalue weighted by Gasteiger charge is -2.20. The minimum atomic E-state index is -0.484. The van der Waals surface area contributed by atoms with Crippen molar-refractivity contribution >= 4 is 40.4 Å². The highest BCUT2D eigenvalue weighted by molar-refractivity contribution is 7.14. The third kappa shape index (κ3) is 5.69. The summed E-state index contributed by atoms with van der Waals surface area (Å²) in [5.41, 5.74) is 0.822. The number of hydrogen-bond donors (Lipinski definition) is 3. The van der Waals surface area contributed by atoms with Crippen molar-refractivity contribution in [2.75, 3.05) is 12.4 Å². The third-order valence-corrected chi connectivity index (χ3v) is 6.26. The molecule has 1 aliphatic rings. The number of carbonyl (C=O) groups excluding carboxylic acids is 2. The molecular formula is C20H25ClN4O2S. The molecule has 1 unspecified atom stereocenters. The molecule has 2 heterocycles. The number of nitrogens with one attached hydrogen (secondary N) is 3. The number of nitrogens with zero attached hydrogens (tertiary/aromatic N) is 1. The smallest absolute Gasteiger partial charge is 0.262 e. The third-order valence-electron chi connectivity index (χ3n) is 4.97. The number of thiophene rings is 1. The zero-order valence-corrected chi connectivity index (χ0v) is 17.4. The molecule has 0 aliphatic heterocycles. The van der Waals surface area contributed by atoms with Crippen LogP contribution in [0.5, 0.6) is 0 Å². The molecule has 1 saturated carbocycles. The Morgan fingerprint density at radius 1 is 1.29 bits per heavy atom. The number of amides is 2. The van der Waals surface area contributed by atoms with Crippen LogP contribution in [0.1, 0.15) is 46.7 Å². The van der Waals surface area contributed by atoms with Crippen LogP contribution in [-0.4, -0.2) is 29.9 Å². The fraction of sp³-hybridized carbons (Fsp3) is 0.450. The van der Waals surface area contributed by atoms with Gasteiger partial charge in [-0.2, -0.15) is 0 Å². The standard InChI is InChI=1S/C20H25ClN4O2S/c1-22-19(26)17(8-13-4-2-3-5-13)25-20(27)18-7-6-16(28-18)12-24-15-9-14(21)10-23-11-15/h6-7,9-11,13,17,24H,2-5,8,12H2,1H3,(H,22,26)(H,25,27). The highest BCUT2D eigenvalue weighted by Crippen LogP contribution is 2.29. The molecule has 0 saturated heterocycles. The Morgan fingerprint density at radius 2 is 2.07 bits per heavy atom. The first-order chi connectivity index (χ1) is 13.5. The van der Waals surface area contributed by atoms with Gasteiger partial charge in [0.05, 0.1) is 21.8 Å². The summed E-state index contributed by atoms with van der Waals surface area (Å²) >= 11 is 7.34. The van der Waals surface area contributed by atoms with Gasteiger partial charge in [-0.25, -0.2) is 0 Å². The van der Waals surface area contributed by atoms with Crippen molar-refractivity contribution in [1.29, 1.82) is 0 Å². The Bertz CT molecular complexity index is 820. The Morgan fingerprint density at radius 3 is 2.79 bits per heavy atom. The van der Waals surface area contributed by atoms with Crippen LogP contribution in [0.15, 0.2) is 30.6 Å². The highest BCUT2D eigenvalue weighted by Gasteiger charge is 2.26. The molecule has 0 spiro atoms. The lowest BCUT2D eigenvalue weighted by Crippen LogP contribution is -2.46. The summed E-state index contributed by atoms with van der Waals surface area (Å²) in [7, 11) is 1.61. The first-order valence-corrected chi connectivity index (χ1v) is 10.7. The normalized spacial score (nSPS) is 15.2. The van der Waals surface area contributed by atoms with Gasteiger partial charge in [-0.15, -0.1) is 11.3 Å². The Balaban J connectivity index is 1.57. The van der Waals surface area contributed by atoms with Crippen LogP contribution in [0, 0.1) is 5.92 Å². The van der Waals surface area contributed by atoms with Crippen molar-refractivity contribution in [2.24, 2.45) is 5.92 Å². The maximum atomic E-state index is 12.7.